The van der Waals surface area contributed by atoms with Crippen molar-refractivity contribution in [1.82, 2.24) is 10.2 Å². The topological polar surface area (TPSA) is 131 Å². The van der Waals surface area contributed by atoms with Gasteiger partial charge in [-0.15, -0.1) is 0 Å². The minimum atomic E-state index is -0.895. The van der Waals surface area contributed by atoms with Crippen LogP contribution in [0, 0.1) is 5.92 Å². The van der Waals surface area contributed by atoms with Crippen molar-refractivity contribution in [3.63, 3.8) is 0 Å². The van der Waals surface area contributed by atoms with Gasteiger partial charge < -0.3 is 21.1 Å². The van der Waals surface area contributed by atoms with E-state index in [1.165, 1.54) is 25.3 Å². The summed E-state index contributed by atoms with van der Waals surface area (Å²) in [6.07, 6.45) is 2.85. The zero-order chi connectivity index (χ0) is 20.5. The van der Waals surface area contributed by atoms with E-state index in [0.29, 0.717) is 24.5 Å². The Morgan fingerprint density at radius 3 is 2.61 bits per heavy atom. The molecule has 0 aromatic heterocycles. The number of nitrogens with zero attached hydrogens (tertiary/aromatic N) is 1. The van der Waals surface area contributed by atoms with E-state index in [9.17, 15) is 19.2 Å². The minimum absolute atomic E-state index is 0.196. The SMILES string of the molecule is COc1ccc(C(N)=O)cc1NC(=O)CN1C(=O)NC2(CCC(C)CC2)C1=O. The molecule has 0 bridgehead atoms. The van der Waals surface area contributed by atoms with Crippen molar-refractivity contribution >= 4 is 29.4 Å². The third-order valence-corrected chi connectivity index (χ3v) is 5.43. The van der Waals surface area contributed by atoms with Crippen LogP contribution in [-0.2, 0) is 9.59 Å². The molecule has 1 saturated heterocycles. The van der Waals surface area contributed by atoms with Gasteiger partial charge in [0.1, 0.15) is 17.8 Å². The summed E-state index contributed by atoms with van der Waals surface area (Å²) in [5.41, 5.74) is 4.80. The number of amides is 5. The number of nitrogens with one attached hydrogen (secondary N) is 2. The molecule has 1 saturated carbocycles. The second kappa shape index (κ2) is 7.49. The second-order valence-corrected chi connectivity index (χ2v) is 7.41. The molecule has 1 aromatic rings. The van der Waals surface area contributed by atoms with Gasteiger partial charge in [-0.1, -0.05) is 6.92 Å². The van der Waals surface area contributed by atoms with Crippen LogP contribution >= 0.6 is 0 Å². The fourth-order valence-corrected chi connectivity index (χ4v) is 3.71. The van der Waals surface area contributed by atoms with Crippen LogP contribution in [-0.4, -0.2) is 47.8 Å². The number of carbonyl (C=O) groups excluding carboxylic acids is 4. The van der Waals surface area contributed by atoms with Gasteiger partial charge in [-0.3, -0.25) is 19.3 Å². The predicted octanol–water partition coefficient (Wildman–Crippen LogP) is 1.23. The molecule has 9 nitrogen and oxygen atoms in total. The summed E-state index contributed by atoms with van der Waals surface area (Å²) >= 11 is 0. The third kappa shape index (κ3) is 3.64. The summed E-state index contributed by atoms with van der Waals surface area (Å²) in [4.78, 5) is 49.9. The number of hydrogen-bond acceptors (Lipinski definition) is 5. The molecule has 9 heteroatoms. The molecule has 1 aliphatic heterocycles. The van der Waals surface area contributed by atoms with E-state index in [-0.39, 0.29) is 17.2 Å². The molecule has 5 amide bonds. The number of benzene rings is 1. The number of hydrogen-bond donors (Lipinski definition) is 3. The molecule has 2 aliphatic rings. The molecule has 1 spiro atoms. The molecule has 0 unspecified atom stereocenters. The Hall–Kier alpha value is -3.10. The van der Waals surface area contributed by atoms with Gasteiger partial charge in [-0.25, -0.2) is 4.79 Å². The van der Waals surface area contributed by atoms with Crippen molar-refractivity contribution in [2.75, 3.05) is 19.0 Å². The van der Waals surface area contributed by atoms with E-state index in [4.69, 9.17) is 10.5 Å². The normalized spacial score (nSPS) is 24.2. The van der Waals surface area contributed by atoms with E-state index < -0.39 is 29.9 Å². The highest BCUT2D eigenvalue weighted by molar-refractivity contribution is 6.10. The molecule has 1 aromatic carbocycles. The largest absolute Gasteiger partial charge is 0.495 e. The van der Waals surface area contributed by atoms with Crippen LogP contribution in [0.5, 0.6) is 5.75 Å². The molecule has 2 fully saturated rings. The molecule has 1 heterocycles. The maximum Gasteiger partial charge on any atom is 0.325 e. The highest BCUT2D eigenvalue weighted by Gasteiger charge is 2.52. The van der Waals surface area contributed by atoms with E-state index in [0.717, 1.165) is 17.7 Å². The van der Waals surface area contributed by atoms with Gasteiger partial charge in [0.2, 0.25) is 11.8 Å². The quantitative estimate of drug-likeness (QED) is 0.653. The smallest absolute Gasteiger partial charge is 0.325 e. The van der Waals surface area contributed by atoms with Gasteiger partial charge in [0.05, 0.1) is 12.8 Å². The fourth-order valence-electron chi connectivity index (χ4n) is 3.71. The van der Waals surface area contributed by atoms with Crippen LogP contribution in [0.1, 0.15) is 43.0 Å². The summed E-state index contributed by atoms with van der Waals surface area (Å²) in [6.45, 7) is 1.69. The van der Waals surface area contributed by atoms with E-state index >= 15 is 0 Å². The number of rotatable bonds is 5. The van der Waals surface area contributed by atoms with E-state index in [1.54, 1.807) is 0 Å². The van der Waals surface area contributed by atoms with Crippen molar-refractivity contribution in [3.05, 3.63) is 23.8 Å². The highest BCUT2D eigenvalue weighted by atomic mass is 16.5. The number of primary amides is 1. The first kappa shape index (κ1) is 19.7. The lowest BCUT2D eigenvalue weighted by atomic mass is 9.77. The van der Waals surface area contributed by atoms with Crippen molar-refractivity contribution < 1.29 is 23.9 Å². The van der Waals surface area contributed by atoms with Crippen LogP contribution in [0.25, 0.3) is 0 Å². The lowest BCUT2D eigenvalue weighted by Gasteiger charge is -2.33. The zero-order valence-electron chi connectivity index (χ0n) is 15.9. The molecular formula is C19H24N4O5. The number of nitrogens with two attached hydrogens (primary N) is 1. The van der Waals surface area contributed by atoms with Gasteiger partial charge in [-0.2, -0.15) is 0 Å². The Bertz CT molecular complexity index is 830. The molecule has 0 atom stereocenters. The van der Waals surface area contributed by atoms with Crippen molar-refractivity contribution in [2.45, 2.75) is 38.1 Å². The first-order valence-corrected chi connectivity index (χ1v) is 9.17. The number of ether oxygens (including phenoxy) is 1. The van der Waals surface area contributed by atoms with E-state index in [1.807, 2.05) is 0 Å². The Kier molecular flexibility index (Phi) is 5.26. The molecule has 150 valence electrons. The van der Waals surface area contributed by atoms with Crippen LogP contribution in [0.2, 0.25) is 0 Å². The molecular weight excluding hydrogens is 364 g/mol. The van der Waals surface area contributed by atoms with Crippen LogP contribution in [0.4, 0.5) is 10.5 Å². The number of carbonyl (C=O) groups is 4. The standard InChI is InChI=1S/C19H24N4O5/c1-11-5-7-19(8-6-11)17(26)23(18(27)22-19)10-15(24)21-13-9-12(16(20)25)3-4-14(13)28-2/h3-4,9,11H,5-8,10H2,1-2H3,(H2,20,25)(H,21,24)(H,22,27). The molecule has 4 N–H and O–H groups in total. The maximum absolute atomic E-state index is 12.8. The Morgan fingerprint density at radius 1 is 1.32 bits per heavy atom. The lowest BCUT2D eigenvalue weighted by molar-refractivity contribution is -0.135. The van der Waals surface area contributed by atoms with Crippen LogP contribution in [0.15, 0.2) is 18.2 Å². The molecule has 0 radical (unpaired) electrons. The summed E-state index contributed by atoms with van der Waals surface area (Å²) < 4.78 is 5.17. The van der Waals surface area contributed by atoms with Gasteiger partial charge in [0.25, 0.3) is 5.91 Å². The Labute approximate surface area is 162 Å². The average Bonchev–Trinajstić information content (AvgIpc) is 2.88. The first-order chi connectivity index (χ1) is 13.3. The fraction of sp³-hybridized carbons (Fsp3) is 0.474. The lowest BCUT2D eigenvalue weighted by Crippen LogP contribution is -2.49. The van der Waals surface area contributed by atoms with Crippen molar-refractivity contribution in [2.24, 2.45) is 11.7 Å². The van der Waals surface area contributed by atoms with E-state index in [2.05, 4.69) is 17.6 Å². The van der Waals surface area contributed by atoms with Gasteiger partial charge in [0, 0.05) is 5.56 Å². The first-order valence-electron chi connectivity index (χ1n) is 9.17. The Morgan fingerprint density at radius 2 is 2.00 bits per heavy atom. The van der Waals surface area contributed by atoms with Crippen LogP contribution < -0.4 is 21.1 Å². The van der Waals surface area contributed by atoms with Crippen LogP contribution in [0.3, 0.4) is 0 Å². The second-order valence-electron chi connectivity index (χ2n) is 7.41. The monoisotopic (exact) mass is 388 g/mol. The molecule has 1 aliphatic carbocycles. The molecule has 28 heavy (non-hydrogen) atoms. The summed E-state index contributed by atoms with van der Waals surface area (Å²) in [7, 11) is 1.42. The third-order valence-electron chi connectivity index (χ3n) is 5.43. The number of urea groups is 1. The predicted molar refractivity (Wildman–Crippen MR) is 101 cm³/mol. The summed E-state index contributed by atoms with van der Waals surface area (Å²) in [5, 5.41) is 5.35. The van der Waals surface area contributed by atoms with Crippen molar-refractivity contribution in [3.8, 4) is 5.75 Å². The van der Waals surface area contributed by atoms with Crippen molar-refractivity contribution in [1.29, 1.82) is 0 Å². The Balaban J connectivity index is 1.72. The minimum Gasteiger partial charge on any atom is -0.495 e. The number of methoxy groups -OCH3 is 1. The van der Waals surface area contributed by atoms with Gasteiger partial charge in [-0.05, 0) is 49.8 Å². The zero-order valence-corrected chi connectivity index (χ0v) is 15.9. The molecule has 3 rings (SSSR count). The highest BCUT2D eigenvalue weighted by Crippen LogP contribution is 2.36. The summed E-state index contributed by atoms with van der Waals surface area (Å²) in [6, 6.07) is 3.80. The number of anilines is 1. The average molecular weight is 388 g/mol. The summed E-state index contributed by atoms with van der Waals surface area (Å²) in [5.74, 6) is -0.756. The number of imide groups is 1. The van der Waals surface area contributed by atoms with Gasteiger partial charge >= 0.3 is 6.03 Å². The maximum atomic E-state index is 12.8. The van der Waals surface area contributed by atoms with Gasteiger partial charge in [0.15, 0.2) is 0 Å².